The summed E-state index contributed by atoms with van der Waals surface area (Å²) in [7, 11) is -1.20. The topological polar surface area (TPSA) is 60.6 Å². The van der Waals surface area contributed by atoms with Gasteiger partial charge < -0.3 is 18.9 Å². The van der Waals surface area contributed by atoms with E-state index in [1.165, 1.54) is 101 Å². The minimum absolute atomic E-state index is 0.198. The molecule has 0 saturated carbocycles. The average molecular weight is 625 g/mol. The molecule has 2 aromatic rings. The van der Waals surface area contributed by atoms with Crippen LogP contribution >= 0.6 is 0 Å². The SMILES string of the molecule is CCCCCCCCCCc1cc2c(cc1OCC1CO1)-c1cc(OCC3CO3)c(CCCCCCCCCC)cc1S2=O. The molecule has 44 heavy (non-hydrogen) atoms. The highest BCUT2D eigenvalue weighted by molar-refractivity contribution is 7.85. The Morgan fingerprint density at radius 2 is 0.955 bits per heavy atom. The minimum atomic E-state index is -1.20. The molecule has 0 N–H and O–H groups in total. The predicted octanol–water partition coefficient (Wildman–Crippen LogP) is 9.76. The summed E-state index contributed by atoms with van der Waals surface area (Å²) in [6, 6.07) is 8.64. The lowest BCUT2D eigenvalue weighted by Gasteiger charge is -2.15. The molecule has 3 aliphatic heterocycles. The van der Waals surface area contributed by atoms with Gasteiger partial charge in [-0.05, 0) is 61.1 Å². The number of ether oxygens (including phenoxy) is 4. The van der Waals surface area contributed by atoms with Crippen molar-refractivity contribution in [2.75, 3.05) is 26.4 Å². The second-order valence-corrected chi connectivity index (χ2v) is 14.6. The summed E-state index contributed by atoms with van der Waals surface area (Å²) in [5.41, 5.74) is 4.41. The van der Waals surface area contributed by atoms with E-state index in [0.29, 0.717) is 13.2 Å². The van der Waals surface area contributed by atoms with Gasteiger partial charge in [0.05, 0.1) is 33.8 Å². The van der Waals surface area contributed by atoms with Crippen molar-refractivity contribution in [2.45, 2.75) is 151 Å². The van der Waals surface area contributed by atoms with Crippen LogP contribution in [0.4, 0.5) is 0 Å². The van der Waals surface area contributed by atoms with Crippen molar-refractivity contribution in [3.8, 4) is 22.6 Å². The monoisotopic (exact) mass is 624 g/mol. The van der Waals surface area contributed by atoms with Gasteiger partial charge in [-0.15, -0.1) is 0 Å². The van der Waals surface area contributed by atoms with E-state index in [1.54, 1.807) is 0 Å². The van der Waals surface area contributed by atoms with Gasteiger partial charge in [0.2, 0.25) is 0 Å². The first-order valence-corrected chi connectivity index (χ1v) is 19.1. The summed E-state index contributed by atoms with van der Waals surface area (Å²) in [5, 5.41) is 0. The standard InChI is InChI=1S/C38H56O5S/c1-3-5-7-9-11-13-15-17-19-29-21-37-33(23-35(29)42-27-31-25-40-31)34-24-36(43-28-32-26-41-32)30(22-38(34)44(37)39)20-18-16-14-12-10-8-6-4-2/h21-24,31-32H,3-20,25-28H2,1-2H3. The van der Waals surface area contributed by atoms with Crippen LogP contribution in [0.1, 0.15) is 128 Å². The van der Waals surface area contributed by atoms with Crippen LogP contribution in [0, 0.1) is 0 Å². The third kappa shape index (κ3) is 10.1. The first-order chi connectivity index (χ1) is 21.7. The number of hydrogen-bond acceptors (Lipinski definition) is 5. The van der Waals surface area contributed by atoms with Gasteiger partial charge in [0, 0.05) is 11.1 Å². The fourth-order valence-corrected chi connectivity index (χ4v) is 7.78. The normalized spacial score (nSPS) is 19.5. The molecule has 0 amide bonds. The Morgan fingerprint density at radius 1 is 0.591 bits per heavy atom. The molecule has 3 aliphatic rings. The van der Waals surface area contributed by atoms with Gasteiger partial charge in [0.25, 0.3) is 0 Å². The number of hydrogen-bond donors (Lipinski definition) is 0. The Kier molecular flexibility index (Phi) is 13.5. The Balaban J connectivity index is 1.27. The summed E-state index contributed by atoms with van der Waals surface area (Å²) in [6.45, 7) is 7.24. The molecule has 0 radical (unpaired) electrons. The summed E-state index contributed by atoms with van der Waals surface area (Å²) in [5.74, 6) is 1.84. The smallest absolute Gasteiger partial charge is 0.123 e. The number of fused-ring (bicyclic) bond motifs is 3. The fourth-order valence-electron chi connectivity index (χ4n) is 6.30. The molecule has 2 unspecified atom stereocenters. The van der Waals surface area contributed by atoms with E-state index in [2.05, 4.69) is 38.1 Å². The minimum Gasteiger partial charge on any atom is -0.490 e. The third-order valence-corrected chi connectivity index (χ3v) is 10.7. The second-order valence-electron chi connectivity index (χ2n) is 13.2. The molecule has 6 heteroatoms. The number of epoxide rings is 2. The molecule has 5 rings (SSSR count). The molecule has 0 aliphatic carbocycles. The van der Waals surface area contributed by atoms with Crippen molar-refractivity contribution in [1.29, 1.82) is 0 Å². The largest absolute Gasteiger partial charge is 0.490 e. The molecule has 244 valence electrons. The molecule has 2 saturated heterocycles. The van der Waals surface area contributed by atoms with E-state index in [4.69, 9.17) is 18.9 Å². The van der Waals surface area contributed by atoms with Crippen LogP contribution in [-0.2, 0) is 33.1 Å². The lowest BCUT2D eigenvalue weighted by molar-refractivity contribution is 0.260. The van der Waals surface area contributed by atoms with Crippen molar-refractivity contribution in [2.24, 2.45) is 0 Å². The first kappa shape index (κ1) is 33.5. The average Bonchev–Trinajstić information content (AvgIpc) is 3.97. The van der Waals surface area contributed by atoms with E-state index in [1.807, 2.05) is 0 Å². The van der Waals surface area contributed by atoms with Crippen LogP contribution in [-0.4, -0.2) is 42.8 Å². The zero-order valence-electron chi connectivity index (χ0n) is 27.5. The zero-order chi connectivity index (χ0) is 30.6. The summed E-state index contributed by atoms with van der Waals surface area (Å²) in [6.07, 6.45) is 22.9. The van der Waals surface area contributed by atoms with Gasteiger partial charge in [-0.25, -0.2) is 4.21 Å². The second kappa shape index (κ2) is 17.7. The van der Waals surface area contributed by atoms with Gasteiger partial charge in [0.15, 0.2) is 0 Å². The fraction of sp³-hybridized carbons (Fsp3) is 0.684. The Hall–Kier alpha value is -1.89. The zero-order valence-corrected chi connectivity index (χ0v) is 28.3. The molecule has 0 spiro atoms. The van der Waals surface area contributed by atoms with E-state index in [0.717, 1.165) is 71.3 Å². The molecule has 2 fully saturated rings. The highest BCUT2D eigenvalue weighted by atomic mass is 32.2. The van der Waals surface area contributed by atoms with E-state index >= 15 is 0 Å². The molecule has 3 heterocycles. The van der Waals surface area contributed by atoms with Crippen molar-refractivity contribution < 1.29 is 23.2 Å². The van der Waals surface area contributed by atoms with Gasteiger partial charge in [-0.1, -0.05) is 104 Å². The van der Waals surface area contributed by atoms with Crippen LogP contribution in [0.25, 0.3) is 11.1 Å². The van der Waals surface area contributed by atoms with Crippen LogP contribution in [0.3, 0.4) is 0 Å². The van der Waals surface area contributed by atoms with Crippen LogP contribution in [0.2, 0.25) is 0 Å². The van der Waals surface area contributed by atoms with Crippen LogP contribution < -0.4 is 9.47 Å². The number of aryl methyl sites for hydroxylation is 2. The summed E-state index contributed by atoms with van der Waals surface area (Å²) in [4.78, 5) is 1.84. The van der Waals surface area contributed by atoms with Crippen molar-refractivity contribution in [3.05, 3.63) is 35.4 Å². The van der Waals surface area contributed by atoms with Gasteiger partial charge in [0.1, 0.15) is 36.9 Å². The van der Waals surface area contributed by atoms with Gasteiger partial charge in [-0.3, -0.25) is 0 Å². The molecular weight excluding hydrogens is 568 g/mol. The maximum Gasteiger partial charge on any atom is 0.123 e. The predicted molar refractivity (Wildman–Crippen MR) is 180 cm³/mol. The highest BCUT2D eigenvalue weighted by Gasteiger charge is 2.31. The first-order valence-electron chi connectivity index (χ1n) is 17.9. The van der Waals surface area contributed by atoms with Crippen molar-refractivity contribution in [1.82, 2.24) is 0 Å². The van der Waals surface area contributed by atoms with E-state index in [-0.39, 0.29) is 12.2 Å². The Morgan fingerprint density at radius 3 is 1.32 bits per heavy atom. The lowest BCUT2D eigenvalue weighted by Crippen LogP contribution is -2.07. The molecule has 2 aromatic carbocycles. The Bertz CT molecular complexity index is 1110. The molecule has 0 aromatic heterocycles. The van der Waals surface area contributed by atoms with Crippen molar-refractivity contribution >= 4 is 10.8 Å². The maximum atomic E-state index is 14.0. The van der Waals surface area contributed by atoms with Gasteiger partial charge in [-0.2, -0.15) is 0 Å². The maximum absolute atomic E-state index is 14.0. The van der Waals surface area contributed by atoms with Crippen molar-refractivity contribution in [3.63, 3.8) is 0 Å². The molecular formula is C38H56O5S. The quantitative estimate of drug-likeness (QED) is 0.0733. The summed E-state index contributed by atoms with van der Waals surface area (Å²) >= 11 is 0. The molecule has 0 bridgehead atoms. The highest BCUT2D eigenvalue weighted by Crippen LogP contribution is 2.47. The van der Waals surface area contributed by atoms with E-state index in [9.17, 15) is 4.21 Å². The Labute approximate surface area is 269 Å². The molecule has 2 atom stereocenters. The summed E-state index contributed by atoms with van der Waals surface area (Å²) < 4.78 is 37.5. The number of rotatable bonds is 24. The molecule has 5 nitrogen and oxygen atoms in total. The lowest BCUT2D eigenvalue weighted by atomic mass is 9.97. The van der Waals surface area contributed by atoms with Gasteiger partial charge >= 0.3 is 0 Å². The van der Waals surface area contributed by atoms with Crippen LogP contribution in [0.5, 0.6) is 11.5 Å². The van der Waals surface area contributed by atoms with E-state index < -0.39 is 10.8 Å². The number of unbranched alkanes of at least 4 members (excludes halogenated alkanes) is 14. The third-order valence-electron chi connectivity index (χ3n) is 9.27. The van der Waals surface area contributed by atoms with Crippen LogP contribution in [0.15, 0.2) is 34.1 Å². The number of benzene rings is 2.